The fourth-order valence-corrected chi connectivity index (χ4v) is 1.28. The molecule has 0 saturated heterocycles. The molecule has 0 aromatic carbocycles. The number of aryl methyl sites for hydroxylation is 1. The first-order valence-corrected chi connectivity index (χ1v) is 6.29. The summed E-state index contributed by atoms with van der Waals surface area (Å²) >= 11 is 0. The first kappa shape index (κ1) is 14.7. The lowest BCUT2D eigenvalue weighted by atomic mass is 10.1. The molecule has 0 amide bonds. The maximum absolute atomic E-state index is 5.75. The average molecular weight is 252 g/mol. The SMILES string of the molecule is CCCc1nc(N)cc(OCC(C)(C)N(C)C)n1. The number of ether oxygens (including phenoxy) is 1. The molecule has 5 heteroatoms. The van der Waals surface area contributed by atoms with Crippen LogP contribution in [0.2, 0.25) is 0 Å². The summed E-state index contributed by atoms with van der Waals surface area (Å²) in [7, 11) is 4.06. The summed E-state index contributed by atoms with van der Waals surface area (Å²) in [5.74, 6) is 1.77. The van der Waals surface area contributed by atoms with Crippen LogP contribution in [0, 0.1) is 0 Å². The van der Waals surface area contributed by atoms with E-state index in [1.165, 1.54) is 0 Å². The van der Waals surface area contributed by atoms with E-state index in [9.17, 15) is 0 Å². The Morgan fingerprint density at radius 2 is 2.00 bits per heavy atom. The molecule has 0 aliphatic rings. The Hall–Kier alpha value is -1.36. The summed E-state index contributed by atoms with van der Waals surface area (Å²) in [5, 5.41) is 0. The van der Waals surface area contributed by atoms with Gasteiger partial charge < -0.3 is 15.4 Å². The molecule has 0 aliphatic heterocycles. The number of hydrogen-bond acceptors (Lipinski definition) is 5. The monoisotopic (exact) mass is 252 g/mol. The second kappa shape index (κ2) is 6.00. The van der Waals surface area contributed by atoms with Crippen molar-refractivity contribution < 1.29 is 4.74 Å². The molecule has 5 nitrogen and oxygen atoms in total. The highest BCUT2D eigenvalue weighted by molar-refractivity contribution is 5.32. The minimum atomic E-state index is -0.0510. The van der Waals surface area contributed by atoms with Crippen LogP contribution in [-0.4, -0.2) is 41.1 Å². The molecular weight excluding hydrogens is 228 g/mol. The predicted octanol–water partition coefficient (Wildman–Crippen LogP) is 1.73. The van der Waals surface area contributed by atoms with Crippen molar-refractivity contribution in [3.63, 3.8) is 0 Å². The minimum absolute atomic E-state index is 0.0510. The minimum Gasteiger partial charge on any atom is -0.476 e. The summed E-state index contributed by atoms with van der Waals surface area (Å²) in [6.07, 6.45) is 1.81. The normalized spacial score (nSPS) is 11.9. The number of anilines is 1. The summed E-state index contributed by atoms with van der Waals surface area (Å²) in [5.41, 5.74) is 5.70. The molecule has 1 aromatic rings. The van der Waals surface area contributed by atoms with Crippen LogP contribution in [0.5, 0.6) is 5.88 Å². The second-order valence-corrected chi connectivity index (χ2v) is 5.29. The first-order chi connectivity index (χ1) is 8.35. The van der Waals surface area contributed by atoms with E-state index in [1.54, 1.807) is 6.07 Å². The van der Waals surface area contributed by atoms with E-state index < -0.39 is 0 Å². The summed E-state index contributed by atoms with van der Waals surface area (Å²) in [6, 6.07) is 1.67. The Labute approximate surface area is 109 Å². The standard InChI is InChI=1S/C13H24N4O/c1-6-7-11-15-10(14)8-12(16-11)18-9-13(2,3)17(4)5/h8H,6-7,9H2,1-5H3,(H2,14,15,16). The van der Waals surface area contributed by atoms with Crippen LogP contribution in [0.25, 0.3) is 0 Å². The van der Waals surface area contributed by atoms with Gasteiger partial charge in [0.1, 0.15) is 18.2 Å². The van der Waals surface area contributed by atoms with Crippen LogP contribution in [0.4, 0.5) is 5.82 Å². The molecule has 0 atom stereocenters. The number of aromatic nitrogens is 2. The van der Waals surface area contributed by atoms with E-state index in [1.807, 2.05) is 14.1 Å². The fourth-order valence-electron chi connectivity index (χ4n) is 1.28. The Kier molecular flexibility index (Phi) is 4.90. The van der Waals surface area contributed by atoms with Crippen molar-refractivity contribution in [2.45, 2.75) is 39.2 Å². The molecule has 0 aliphatic carbocycles. The molecule has 0 saturated carbocycles. The summed E-state index contributed by atoms with van der Waals surface area (Å²) in [6.45, 7) is 6.87. The molecule has 18 heavy (non-hydrogen) atoms. The van der Waals surface area contributed by atoms with Crippen LogP contribution < -0.4 is 10.5 Å². The van der Waals surface area contributed by atoms with E-state index in [0.717, 1.165) is 18.7 Å². The van der Waals surface area contributed by atoms with Gasteiger partial charge in [0.2, 0.25) is 5.88 Å². The third-order valence-corrected chi connectivity index (χ3v) is 3.03. The van der Waals surface area contributed by atoms with Gasteiger partial charge in [0.05, 0.1) is 0 Å². The zero-order chi connectivity index (χ0) is 13.8. The van der Waals surface area contributed by atoms with E-state index in [2.05, 4.69) is 35.6 Å². The Balaban J connectivity index is 2.73. The van der Waals surface area contributed by atoms with Crippen LogP contribution >= 0.6 is 0 Å². The van der Waals surface area contributed by atoms with Crippen LogP contribution in [0.3, 0.4) is 0 Å². The lowest BCUT2D eigenvalue weighted by molar-refractivity contribution is 0.111. The largest absolute Gasteiger partial charge is 0.476 e. The molecule has 0 bridgehead atoms. The topological polar surface area (TPSA) is 64.3 Å². The van der Waals surface area contributed by atoms with Crippen molar-refractivity contribution in [2.24, 2.45) is 0 Å². The third kappa shape index (κ3) is 4.14. The van der Waals surface area contributed by atoms with Crippen LogP contribution in [-0.2, 0) is 6.42 Å². The Bertz CT molecular complexity index is 391. The van der Waals surface area contributed by atoms with Gasteiger partial charge in [-0.2, -0.15) is 4.98 Å². The van der Waals surface area contributed by atoms with E-state index in [-0.39, 0.29) is 5.54 Å². The molecule has 102 valence electrons. The molecular formula is C13H24N4O. The molecule has 0 unspecified atom stereocenters. The van der Waals surface area contributed by atoms with E-state index >= 15 is 0 Å². The van der Waals surface area contributed by atoms with Gasteiger partial charge in [-0.25, -0.2) is 4.98 Å². The van der Waals surface area contributed by atoms with Crippen molar-refractivity contribution in [1.82, 2.24) is 14.9 Å². The quantitative estimate of drug-likeness (QED) is 0.835. The molecule has 1 aromatic heterocycles. The van der Waals surface area contributed by atoms with Gasteiger partial charge in [-0.15, -0.1) is 0 Å². The maximum Gasteiger partial charge on any atom is 0.218 e. The maximum atomic E-state index is 5.75. The van der Waals surface area contributed by atoms with Crippen molar-refractivity contribution in [1.29, 1.82) is 0 Å². The number of rotatable bonds is 6. The highest BCUT2D eigenvalue weighted by Crippen LogP contribution is 2.16. The fraction of sp³-hybridized carbons (Fsp3) is 0.692. The molecule has 1 heterocycles. The zero-order valence-corrected chi connectivity index (χ0v) is 12.0. The number of hydrogen-bond donors (Lipinski definition) is 1. The summed E-state index contributed by atoms with van der Waals surface area (Å²) < 4.78 is 5.73. The van der Waals surface area contributed by atoms with Gasteiger partial charge in [0.15, 0.2) is 0 Å². The zero-order valence-electron chi connectivity index (χ0n) is 12.0. The smallest absolute Gasteiger partial charge is 0.218 e. The van der Waals surface area contributed by atoms with Crippen molar-refractivity contribution >= 4 is 5.82 Å². The number of nitrogens with zero attached hydrogens (tertiary/aromatic N) is 3. The first-order valence-electron chi connectivity index (χ1n) is 6.29. The van der Waals surface area contributed by atoms with Gasteiger partial charge in [0, 0.05) is 18.0 Å². The third-order valence-electron chi connectivity index (χ3n) is 3.03. The number of likely N-dealkylation sites (N-methyl/N-ethyl adjacent to an activating group) is 1. The van der Waals surface area contributed by atoms with Crippen molar-refractivity contribution in [3.8, 4) is 5.88 Å². The van der Waals surface area contributed by atoms with E-state index in [0.29, 0.717) is 18.3 Å². The highest BCUT2D eigenvalue weighted by atomic mass is 16.5. The average Bonchev–Trinajstić information content (AvgIpc) is 2.26. The highest BCUT2D eigenvalue weighted by Gasteiger charge is 2.21. The number of nitrogen functional groups attached to an aromatic ring is 1. The second-order valence-electron chi connectivity index (χ2n) is 5.29. The van der Waals surface area contributed by atoms with Crippen LogP contribution in [0.15, 0.2) is 6.07 Å². The Morgan fingerprint density at radius 1 is 1.33 bits per heavy atom. The number of nitrogens with two attached hydrogens (primary N) is 1. The summed E-state index contributed by atoms with van der Waals surface area (Å²) in [4.78, 5) is 10.6. The lowest BCUT2D eigenvalue weighted by Gasteiger charge is -2.31. The molecule has 0 fully saturated rings. The molecule has 0 spiro atoms. The lowest BCUT2D eigenvalue weighted by Crippen LogP contribution is -2.43. The van der Waals surface area contributed by atoms with Gasteiger partial charge in [0.25, 0.3) is 0 Å². The molecule has 1 rings (SSSR count). The van der Waals surface area contributed by atoms with Gasteiger partial charge in [-0.3, -0.25) is 0 Å². The molecule has 0 radical (unpaired) electrons. The van der Waals surface area contributed by atoms with Gasteiger partial charge in [-0.05, 0) is 34.4 Å². The van der Waals surface area contributed by atoms with E-state index in [4.69, 9.17) is 10.5 Å². The Morgan fingerprint density at radius 3 is 2.56 bits per heavy atom. The molecule has 2 N–H and O–H groups in total. The van der Waals surface area contributed by atoms with Gasteiger partial charge in [-0.1, -0.05) is 6.92 Å². The van der Waals surface area contributed by atoms with Crippen molar-refractivity contribution in [2.75, 3.05) is 26.4 Å². The van der Waals surface area contributed by atoms with Crippen molar-refractivity contribution in [3.05, 3.63) is 11.9 Å². The predicted molar refractivity (Wildman–Crippen MR) is 73.7 cm³/mol. The van der Waals surface area contributed by atoms with Gasteiger partial charge >= 0.3 is 0 Å². The van der Waals surface area contributed by atoms with Crippen LogP contribution in [0.1, 0.15) is 33.0 Å².